The molecule has 5 atom stereocenters. The van der Waals surface area contributed by atoms with E-state index in [1.165, 1.54) is 31.2 Å². The first-order valence-corrected chi connectivity index (χ1v) is 10.4. The molecule has 1 saturated heterocycles. The lowest BCUT2D eigenvalue weighted by atomic mass is 10.00. The van der Waals surface area contributed by atoms with Crippen molar-refractivity contribution in [2.45, 2.75) is 37.6 Å². The van der Waals surface area contributed by atoms with Crippen molar-refractivity contribution in [2.24, 2.45) is 0 Å². The van der Waals surface area contributed by atoms with Gasteiger partial charge in [0.1, 0.15) is 12.2 Å². The highest BCUT2D eigenvalue weighted by molar-refractivity contribution is 7.81. The van der Waals surface area contributed by atoms with Crippen LogP contribution in [0.25, 0.3) is 0 Å². The summed E-state index contributed by atoms with van der Waals surface area (Å²) in [5, 5.41) is 0. The van der Waals surface area contributed by atoms with Gasteiger partial charge in [-0.2, -0.15) is 16.8 Å². The quantitative estimate of drug-likeness (QED) is 0.427. The molecular formula is C14H18O12S2. The lowest BCUT2D eigenvalue weighted by Crippen LogP contribution is -2.61. The molecule has 28 heavy (non-hydrogen) atoms. The Hall–Kier alpha value is -1.65. The average molecular weight is 442 g/mol. The molecule has 1 aliphatic heterocycles. The predicted molar refractivity (Wildman–Crippen MR) is 89.8 cm³/mol. The van der Waals surface area contributed by atoms with Crippen LogP contribution in [0.2, 0.25) is 0 Å². The molecule has 0 aromatic heterocycles. The van der Waals surface area contributed by atoms with E-state index in [1.807, 2.05) is 0 Å². The summed E-state index contributed by atoms with van der Waals surface area (Å²) < 4.78 is 87.2. The average Bonchev–Trinajstić information content (AvgIpc) is 2.57. The van der Waals surface area contributed by atoms with E-state index in [2.05, 4.69) is 8.37 Å². The van der Waals surface area contributed by atoms with E-state index in [-0.39, 0.29) is 5.56 Å². The van der Waals surface area contributed by atoms with E-state index in [0.29, 0.717) is 0 Å². The summed E-state index contributed by atoms with van der Waals surface area (Å²) >= 11 is 0. The third-order valence-corrected chi connectivity index (χ3v) is 4.63. The van der Waals surface area contributed by atoms with Gasteiger partial charge in [-0.15, -0.1) is 0 Å². The minimum atomic E-state index is -5.18. The maximum absolute atomic E-state index is 12.3. The summed E-state index contributed by atoms with van der Waals surface area (Å²) in [5.74, 6) is -0.955. The molecule has 0 amide bonds. The van der Waals surface area contributed by atoms with Crippen LogP contribution >= 0.6 is 0 Å². The van der Waals surface area contributed by atoms with Gasteiger partial charge in [-0.25, -0.2) is 13.2 Å². The summed E-state index contributed by atoms with van der Waals surface area (Å²) in [4.78, 5) is 12.3. The number of ether oxygens (including phenoxy) is 3. The lowest BCUT2D eigenvalue weighted by Gasteiger charge is -2.42. The van der Waals surface area contributed by atoms with Crippen LogP contribution in [0.15, 0.2) is 30.3 Å². The van der Waals surface area contributed by atoms with Gasteiger partial charge in [0.15, 0.2) is 6.10 Å². The summed E-state index contributed by atoms with van der Waals surface area (Å²) in [7, 11) is -9.16. The third-order valence-electron chi connectivity index (χ3n) is 3.70. The highest BCUT2D eigenvalue weighted by atomic mass is 32.3. The molecule has 2 rings (SSSR count). The topological polar surface area (TPSA) is 172 Å². The summed E-state index contributed by atoms with van der Waals surface area (Å²) in [6.45, 7) is 1.39. The number of carbonyl (C=O) groups excluding carboxylic acids is 1. The Labute approximate surface area is 161 Å². The minimum absolute atomic E-state index is 0.0745. The maximum Gasteiger partial charge on any atom is 0.397 e. The van der Waals surface area contributed by atoms with Crippen molar-refractivity contribution in [3.05, 3.63) is 35.9 Å². The normalized spacial score (nSPS) is 28.6. The van der Waals surface area contributed by atoms with E-state index in [0.717, 1.165) is 7.11 Å². The first-order valence-electron chi connectivity index (χ1n) is 7.67. The van der Waals surface area contributed by atoms with Gasteiger partial charge in [0.05, 0.1) is 11.7 Å². The van der Waals surface area contributed by atoms with E-state index in [9.17, 15) is 21.6 Å². The fourth-order valence-electron chi connectivity index (χ4n) is 2.63. The highest BCUT2D eigenvalue weighted by Crippen LogP contribution is 2.30. The maximum atomic E-state index is 12.3. The second-order valence-corrected chi connectivity index (χ2v) is 7.75. The Morgan fingerprint density at radius 2 is 1.50 bits per heavy atom. The van der Waals surface area contributed by atoms with Gasteiger partial charge >= 0.3 is 26.8 Å². The molecule has 0 spiro atoms. The molecule has 12 nitrogen and oxygen atoms in total. The Morgan fingerprint density at radius 3 is 2.00 bits per heavy atom. The molecule has 1 heterocycles. The first-order chi connectivity index (χ1) is 12.9. The van der Waals surface area contributed by atoms with Gasteiger partial charge in [0.2, 0.25) is 6.29 Å². The molecule has 1 aromatic carbocycles. The Bertz CT molecular complexity index is 882. The van der Waals surface area contributed by atoms with Crippen LogP contribution in [-0.2, 0) is 43.4 Å². The molecule has 0 bridgehead atoms. The van der Waals surface area contributed by atoms with Crippen molar-refractivity contribution < 1.29 is 53.3 Å². The van der Waals surface area contributed by atoms with Gasteiger partial charge in [0, 0.05) is 7.11 Å². The zero-order valence-electron chi connectivity index (χ0n) is 14.6. The van der Waals surface area contributed by atoms with E-state index < -0.39 is 57.5 Å². The summed E-state index contributed by atoms with van der Waals surface area (Å²) in [6, 6.07) is 7.52. The number of benzene rings is 1. The predicted octanol–water partition coefficient (Wildman–Crippen LogP) is -0.0208. The van der Waals surface area contributed by atoms with Gasteiger partial charge in [-0.05, 0) is 19.1 Å². The Kier molecular flexibility index (Phi) is 7.11. The summed E-state index contributed by atoms with van der Waals surface area (Å²) in [5.41, 5.74) is 0.0745. The smallest absolute Gasteiger partial charge is 0.397 e. The van der Waals surface area contributed by atoms with Gasteiger partial charge < -0.3 is 14.2 Å². The number of carbonyl (C=O) groups is 1. The number of hydrogen-bond donors (Lipinski definition) is 2. The van der Waals surface area contributed by atoms with Gasteiger partial charge in [-0.3, -0.25) is 9.11 Å². The van der Waals surface area contributed by atoms with E-state index in [4.69, 9.17) is 23.3 Å². The SMILES string of the molecule is CO[C@@H]1[C@@H](OS(=O)(=O)O)[C@@H](OS(=O)(=O)O)[C@H](OC(=O)c2ccccc2)O[C@H]1C. The molecule has 2 N–H and O–H groups in total. The monoisotopic (exact) mass is 442 g/mol. The number of hydrogen-bond acceptors (Lipinski definition) is 10. The van der Waals surface area contributed by atoms with Gasteiger partial charge in [-0.1, -0.05) is 18.2 Å². The molecule has 158 valence electrons. The van der Waals surface area contributed by atoms with Crippen LogP contribution in [0, 0.1) is 0 Å². The van der Waals surface area contributed by atoms with E-state index in [1.54, 1.807) is 6.07 Å². The van der Waals surface area contributed by atoms with Crippen LogP contribution in [0.4, 0.5) is 0 Å². The van der Waals surface area contributed by atoms with Gasteiger partial charge in [0.25, 0.3) is 0 Å². The highest BCUT2D eigenvalue weighted by Gasteiger charge is 2.51. The van der Waals surface area contributed by atoms with E-state index >= 15 is 0 Å². The van der Waals surface area contributed by atoms with Crippen molar-refractivity contribution >= 4 is 26.8 Å². The van der Waals surface area contributed by atoms with Crippen molar-refractivity contribution in [1.82, 2.24) is 0 Å². The number of rotatable bonds is 7. The molecule has 0 aliphatic carbocycles. The Morgan fingerprint density at radius 1 is 0.964 bits per heavy atom. The molecule has 1 fully saturated rings. The third kappa shape index (κ3) is 6.18. The second-order valence-electron chi connectivity index (χ2n) is 5.66. The molecule has 14 heteroatoms. The van der Waals surface area contributed by atoms with Crippen molar-refractivity contribution in [3.63, 3.8) is 0 Å². The fraction of sp³-hybridized carbons (Fsp3) is 0.500. The molecule has 0 saturated carbocycles. The van der Waals surface area contributed by atoms with Crippen molar-refractivity contribution in [3.8, 4) is 0 Å². The standard InChI is InChI=1S/C14H18O12S2/c1-8-10(22-2)11(25-27(16,17)18)12(26-28(19,20)21)14(23-8)24-13(15)9-6-4-3-5-7-9/h3-8,10-12,14H,1-2H3,(H,16,17,18)(H,19,20,21)/t8-,10-,11+,12+,14-/m0/s1. The number of esters is 1. The van der Waals surface area contributed by atoms with Crippen LogP contribution in [0.5, 0.6) is 0 Å². The minimum Gasteiger partial charge on any atom is -0.429 e. The van der Waals surface area contributed by atoms with Crippen LogP contribution < -0.4 is 0 Å². The zero-order valence-corrected chi connectivity index (χ0v) is 16.2. The zero-order chi connectivity index (χ0) is 21.1. The lowest BCUT2D eigenvalue weighted by molar-refractivity contribution is -0.269. The van der Waals surface area contributed by atoms with Crippen molar-refractivity contribution in [1.29, 1.82) is 0 Å². The second kappa shape index (κ2) is 8.79. The molecule has 0 unspecified atom stereocenters. The molecular weight excluding hydrogens is 424 g/mol. The van der Waals surface area contributed by atoms with Crippen LogP contribution in [0.3, 0.4) is 0 Å². The van der Waals surface area contributed by atoms with Crippen LogP contribution in [0.1, 0.15) is 17.3 Å². The first kappa shape index (κ1) is 22.6. The molecule has 1 aliphatic rings. The Balaban J connectivity index is 2.38. The van der Waals surface area contributed by atoms with Crippen LogP contribution in [-0.4, -0.2) is 69.7 Å². The van der Waals surface area contributed by atoms with Crippen molar-refractivity contribution in [2.75, 3.05) is 7.11 Å². The summed E-state index contributed by atoms with van der Waals surface area (Å²) in [6.07, 6.45) is -7.97. The number of methoxy groups -OCH3 is 1. The largest absolute Gasteiger partial charge is 0.429 e. The molecule has 0 radical (unpaired) electrons. The fourth-order valence-corrected chi connectivity index (χ4v) is 3.62. The molecule has 1 aromatic rings.